The molecule has 140 valence electrons. The number of amides is 3. The van der Waals surface area contributed by atoms with Crippen molar-refractivity contribution in [3.8, 4) is 0 Å². The lowest BCUT2D eigenvalue weighted by Gasteiger charge is -2.39. The second-order valence-electron chi connectivity index (χ2n) is 7.21. The van der Waals surface area contributed by atoms with Crippen molar-refractivity contribution in [2.45, 2.75) is 32.2 Å². The highest BCUT2D eigenvalue weighted by Gasteiger charge is 2.33. The van der Waals surface area contributed by atoms with Gasteiger partial charge in [-0.3, -0.25) is 24.2 Å². The van der Waals surface area contributed by atoms with E-state index in [2.05, 4.69) is 17.1 Å². The van der Waals surface area contributed by atoms with Gasteiger partial charge in [-0.05, 0) is 56.5 Å². The van der Waals surface area contributed by atoms with E-state index in [1.807, 2.05) is 0 Å². The van der Waals surface area contributed by atoms with Gasteiger partial charge in [0.1, 0.15) is 0 Å². The number of imide groups is 1. The Kier molecular flexibility index (Phi) is 5.38. The molecule has 2 unspecified atom stereocenters. The number of anilines is 1. The van der Waals surface area contributed by atoms with Crippen LogP contribution < -0.4 is 11.1 Å². The van der Waals surface area contributed by atoms with Crippen LogP contribution in [0.25, 0.3) is 0 Å². The van der Waals surface area contributed by atoms with E-state index < -0.39 is 0 Å². The first-order valence-corrected chi connectivity index (χ1v) is 9.12. The molecule has 1 aromatic rings. The predicted octanol–water partition coefficient (Wildman–Crippen LogP) is 1.30. The number of piperidine rings is 1. The molecule has 0 spiro atoms. The summed E-state index contributed by atoms with van der Waals surface area (Å²) in [6, 6.07) is 5.16. The minimum atomic E-state index is -0.339. The first-order chi connectivity index (χ1) is 12.4. The number of carbonyl (C=O) groups is 3. The predicted molar refractivity (Wildman–Crippen MR) is 98.9 cm³/mol. The van der Waals surface area contributed by atoms with Gasteiger partial charge in [-0.25, -0.2) is 0 Å². The molecular weight excluding hydrogens is 332 g/mol. The first kappa shape index (κ1) is 18.5. The van der Waals surface area contributed by atoms with Crippen LogP contribution in [0.1, 0.15) is 46.9 Å². The van der Waals surface area contributed by atoms with E-state index in [1.165, 1.54) is 7.05 Å². The highest BCUT2D eigenvalue weighted by atomic mass is 16.2. The summed E-state index contributed by atoms with van der Waals surface area (Å²) in [7, 11) is 1.46. The maximum Gasteiger partial charge on any atom is 0.261 e. The molecule has 3 rings (SSSR count). The highest BCUT2D eigenvalue weighted by Crippen LogP contribution is 2.26. The number of nitrogens with two attached hydrogens (primary N) is 1. The van der Waals surface area contributed by atoms with Gasteiger partial charge in [0.25, 0.3) is 11.8 Å². The molecule has 3 N–H and O–H groups in total. The summed E-state index contributed by atoms with van der Waals surface area (Å²) in [6.45, 7) is 4.02. The van der Waals surface area contributed by atoms with Gasteiger partial charge in [-0.15, -0.1) is 0 Å². The molecule has 0 aliphatic carbocycles. The first-order valence-electron chi connectivity index (χ1n) is 9.12. The van der Waals surface area contributed by atoms with Crippen LogP contribution >= 0.6 is 0 Å². The van der Waals surface area contributed by atoms with Gasteiger partial charge in [-0.2, -0.15) is 0 Å². The van der Waals surface area contributed by atoms with E-state index in [-0.39, 0.29) is 17.7 Å². The monoisotopic (exact) mass is 358 g/mol. The third-order valence-electron chi connectivity index (χ3n) is 5.41. The Hall–Kier alpha value is -2.25. The number of rotatable bonds is 5. The quantitative estimate of drug-likeness (QED) is 0.774. The minimum Gasteiger partial charge on any atom is -0.330 e. The lowest BCUT2D eigenvalue weighted by atomic mass is 9.88. The van der Waals surface area contributed by atoms with Crippen LogP contribution in [0.15, 0.2) is 18.2 Å². The van der Waals surface area contributed by atoms with Crippen LogP contribution in [-0.4, -0.2) is 60.2 Å². The van der Waals surface area contributed by atoms with Crippen molar-refractivity contribution in [3.05, 3.63) is 29.3 Å². The molecule has 2 aliphatic rings. The van der Waals surface area contributed by atoms with Gasteiger partial charge in [-0.1, -0.05) is 6.92 Å². The van der Waals surface area contributed by atoms with Crippen molar-refractivity contribution in [1.29, 1.82) is 0 Å². The molecule has 0 radical (unpaired) electrons. The molecule has 0 bridgehead atoms. The molecule has 1 fully saturated rings. The second-order valence-corrected chi connectivity index (χ2v) is 7.21. The van der Waals surface area contributed by atoms with Crippen LogP contribution in [0.3, 0.4) is 0 Å². The number of nitrogens with one attached hydrogen (secondary N) is 1. The molecule has 1 saturated heterocycles. The Morgan fingerprint density at radius 3 is 2.73 bits per heavy atom. The van der Waals surface area contributed by atoms with E-state index in [9.17, 15) is 14.4 Å². The number of fused-ring (bicyclic) bond motifs is 1. The van der Waals surface area contributed by atoms with Crippen LogP contribution in [0.2, 0.25) is 0 Å². The fraction of sp³-hybridized carbons (Fsp3) is 0.526. The number of nitrogens with zero attached hydrogens (tertiary/aromatic N) is 2. The Bertz CT molecular complexity index is 733. The van der Waals surface area contributed by atoms with Crippen molar-refractivity contribution < 1.29 is 14.4 Å². The average molecular weight is 358 g/mol. The molecule has 0 saturated carbocycles. The van der Waals surface area contributed by atoms with E-state index in [1.54, 1.807) is 18.2 Å². The van der Waals surface area contributed by atoms with Crippen molar-refractivity contribution >= 4 is 23.4 Å². The summed E-state index contributed by atoms with van der Waals surface area (Å²) in [6.07, 6.45) is 3.13. The second kappa shape index (κ2) is 7.55. The number of carbonyl (C=O) groups excluding carboxylic acids is 3. The number of hydrogen-bond acceptors (Lipinski definition) is 5. The smallest absolute Gasteiger partial charge is 0.261 e. The summed E-state index contributed by atoms with van der Waals surface area (Å²) < 4.78 is 0. The summed E-state index contributed by atoms with van der Waals surface area (Å²) in [4.78, 5) is 39.8. The van der Waals surface area contributed by atoms with E-state index >= 15 is 0 Å². The van der Waals surface area contributed by atoms with Crippen LogP contribution in [0.4, 0.5) is 5.69 Å². The molecule has 2 aliphatic heterocycles. The molecule has 7 nitrogen and oxygen atoms in total. The van der Waals surface area contributed by atoms with Crippen LogP contribution in [0, 0.1) is 5.92 Å². The Balaban J connectivity index is 1.67. The van der Waals surface area contributed by atoms with Crippen LogP contribution in [0.5, 0.6) is 0 Å². The third-order valence-corrected chi connectivity index (χ3v) is 5.41. The largest absolute Gasteiger partial charge is 0.330 e. The minimum absolute atomic E-state index is 0.119. The molecule has 7 heteroatoms. The maximum atomic E-state index is 12.5. The molecule has 0 aromatic heterocycles. The summed E-state index contributed by atoms with van der Waals surface area (Å²) in [5.41, 5.74) is 6.98. The van der Waals surface area contributed by atoms with Gasteiger partial charge < -0.3 is 11.1 Å². The van der Waals surface area contributed by atoms with Crippen molar-refractivity contribution in [2.75, 3.05) is 32.0 Å². The molecular formula is C19H26N4O3. The number of benzene rings is 1. The van der Waals surface area contributed by atoms with Crippen LogP contribution in [-0.2, 0) is 4.79 Å². The fourth-order valence-electron chi connectivity index (χ4n) is 3.99. The van der Waals surface area contributed by atoms with E-state index in [4.69, 9.17) is 5.73 Å². The lowest BCUT2D eigenvalue weighted by Crippen LogP contribution is -2.48. The summed E-state index contributed by atoms with van der Waals surface area (Å²) in [5, 5.41) is 2.85. The fourth-order valence-corrected chi connectivity index (χ4v) is 3.99. The molecule has 3 amide bonds. The number of likely N-dealkylation sites (tertiary alicyclic amines) is 1. The molecule has 1 aromatic carbocycles. The van der Waals surface area contributed by atoms with Crippen molar-refractivity contribution in [2.24, 2.45) is 11.7 Å². The average Bonchev–Trinajstić information content (AvgIpc) is 2.82. The number of hydrogen-bond donors (Lipinski definition) is 2. The highest BCUT2D eigenvalue weighted by molar-refractivity contribution is 6.21. The summed E-state index contributed by atoms with van der Waals surface area (Å²) in [5.74, 6) is -0.241. The Morgan fingerprint density at radius 1 is 1.27 bits per heavy atom. The Morgan fingerprint density at radius 2 is 2.00 bits per heavy atom. The zero-order valence-electron chi connectivity index (χ0n) is 15.3. The van der Waals surface area contributed by atoms with E-state index in [0.29, 0.717) is 41.9 Å². The zero-order valence-corrected chi connectivity index (χ0v) is 15.3. The SMILES string of the molecule is CC1CCCN(CC(=O)Nc2ccc3c(c2)C(=O)N(C)C3=O)C1CCN. The zero-order chi connectivity index (χ0) is 18.8. The maximum absolute atomic E-state index is 12.5. The lowest BCUT2D eigenvalue weighted by molar-refractivity contribution is -0.118. The molecule has 2 atom stereocenters. The Labute approximate surface area is 153 Å². The molecule has 26 heavy (non-hydrogen) atoms. The normalized spacial score (nSPS) is 23.3. The van der Waals surface area contributed by atoms with Gasteiger partial charge in [0.2, 0.25) is 5.91 Å². The summed E-state index contributed by atoms with van der Waals surface area (Å²) >= 11 is 0. The van der Waals surface area contributed by atoms with E-state index in [0.717, 1.165) is 30.7 Å². The van der Waals surface area contributed by atoms with Crippen molar-refractivity contribution in [3.63, 3.8) is 0 Å². The third kappa shape index (κ3) is 3.50. The molecule has 2 heterocycles. The van der Waals surface area contributed by atoms with Gasteiger partial charge >= 0.3 is 0 Å². The van der Waals surface area contributed by atoms with Gasteiger partial charge in [0.15, 0.2) is 0 Å². The van der Waals surface area contributed by atoms with Gasteiger partial charge in [0, 0.05) is 18.8 Å². The van der Waals surface area contributed by atoms with Gasteiger partial charge in [0.05, 0.1) is 17.7 Å². The standard InChI is InChI=1S/C19H26N4O3/c1-12-4-3-9-23(16(12)7-8-20)11-17(24)21-13-5-6-14-15(10-13)19(26)22(2)18(14)25/h5-6,10,12,16H,3-4,7-9,11,20H2,1-2H3,(H,21,24). The van der Waals surface area contributed by atoms with Crippen molar-refractivity contribution in [1.82, 2.24) is 9.80 Å². The topological polar surface area (TPSA) is 95.7 Å².